The highest BCUT2D eigenvalue weighted by atomic mass is 32.2. The molecule has 0 bridgehead atoms. The largest absolute Gasteiger partial charge is 0.451 e. The van der Waals surface area contributed by atoms with E-state index in [0.29, 0.717) is 12.1 Å². The molecule has 0 fully saturated rings. The fourth-order valence-corrected chi connectivity index (χ4v) is 2.67. The van der Waals surface area contributed by atoms with Gasteiger partial charge < -0.3 is 0 Å². The van der Waals surface area contributed by atoms with Crippen molar-refractivity contribution in [3.8, 4) is 11.4 Å². The molecule has 3 aromatic rings. The number of hydrogen-bond donors (Lipinski definition) is 2. The maximum atomic E-state index is 12.8. The first kappa shape index (κ1) is 17.4. The Bertz CT molecular complexity index is 829. The van der Waals surface area contributed by atoms with E-state index in [4.69, 9.17) is 0 Å². The van der Waals surface area contributed by atoms with E-state index in [2.05, 4.69) is 14.8 Å². The van der Waals surface area contributed by atoms with E-state index >= 15 is 0 Å². The van der Waals surface area contributed by atoms with E-state index in [0.717, 1.165) is 10.5 Å². The monoisotopic (exact) mass is 368 g/mol. The first-order valence-corrected chi connectivity index (χ1v) is 7.97. The molecule has 2 N–H and O–H groups in total. The summed E-state index contributed by atoms with van der Waals surface area (Å²) in [5.74, 6) is -1.42. The minimum Gasteiger partial charge on any atom is -0.255 e. The van der Waals surface area contributed by atoms with Crippen molar-refractivity contribution < 1.29 is 17.6 Å². The number of benzene rings is 2. The van der Waals surface area contributed by atoms with Crippen LogP contribution in [0.3, 0.4) is 0 Å². The van der Waals surface area contributed by atoms with E-state index in [-0.39, 0.29) is 11.6 Å². The molecule has 0 aliphatic carbocycles. The standard InChI is InChI=1S/C16H12F4N4S/c17-12-5-7-13(8-6-12)25-21-9-10-1-3-11(4-2-10)14-22-15(24-23-14)16(18,19)20/h1-8,21H,9H2,(H,22,23,24). The second-order valence-corrected chi connectivity index (χ2v) is 6.04. The Labute approximate surface area is 144 Å². The van der Waals surface area contributed by atoms with Gasteiger partial charge in [0.15, 0.2) is 5.82 Å². The first-order valence-electron chi connectivity index (χ1n) is 7.16. The van der Waals surface area contributed by atoms with Gasteiger partial charge in [0, 0.05) is 17.0 Å². The Morgan fingerprint density at radius 3 is 2.28 bits per heavy atom. The smallest absolute Gasteiger partial charge is 0.255 e. The third-order valence-corrected chi connectivity index (χ3v) is 4.04. The molecule has 9 heteroatoms. The van der Waals surface area contributed by atoms with Gasteiger partial charge in [0.2, 0.25) is 5.82 Å². The van der Waals surface area contributed by atoms with Gasteiger partial charge in [-0.1, -0.05) is 24.3 Å². The fraction of sp³-hybridized carbons (Fsp3) is 0.125. The highest BCUT2D eigenvalue weighted by molar-refractivity contribution is 7.97. The van der Waals surface area contributed by atoms with E-state index < -0.39 is 12.0 Å². The van der Waals surface area contributed by atoms with Gasteiger partial charge in [0.25, 0.3) is 0 Å². The summed E-state index contributed by atoms with van der Waals surface area (Å²) in [6, 6.07) is 12.9. The number of hydrogen-bond acceptors (Lipinski definition) is 4. The van der Waals surface area contributed by atoms with Gasteiger partial charge in [-0.3, -0.25) is 9.82 Å². The molecule has 4 nitrogen and oxygen atoms in total. The Kier molecular flexibility index (Phi) is 5.05. The maximum Gasteiger partial charge on any atom is 0.451 e. The molecule has 0 saturated heterocycles. The predicted molar refractivity (Wildman–Crippen MR) is 85.9 cm³/mol. The molecule has 0 radical (unpaired) electrons. The molecule has 1 aromatic heterocycles. The molecule has 130 valence electrons. The number of halogens is 4. The molecule has 25 heavy (non-hydrogen) atoms. The van der Waals surface area contributed by atoms with Crippen LogP contribution in [-0.4, -0.2) is 15.2 Å². The van der Waals surface area contributed by atoms with Gasteiger partial charge in [-0.05, 0) is 41.8 Å². The van der Waals surface area contributed by atoms with Gasteiger partial charge in [-0.2, -0.15) is 18.3 Å². The normalized spacial score (nSPS) is 11.7. The Morgan fingerprint density at radius 2 is 1.68 bits per heavy atom. The zero-order chi connectivity index (χ0) is 17.9. The topological polar surface area (TPSA) is 53.6 Å². The summed E-state index contributed by atoms with van der Waals surface area (Å²) in [7, 11) is 0. The average Bonchev–Trinajstić information content (AvgIpc) is 3.08. The van der Waals surface area contributed by atoms with Crippen molar-refractivity contribution in [2.24, 2.45) is 0 Å². The lowest BCUT2D eigenvalue weighted by atomic mass is 10.1. The van der Waals surface area contributed by atoms with Crippen LogP contribution >= 0.6 is 11.9 Å². The summed E-state index contributed by atoms with van der Waals surface area (Å²) in [6.07, 6.45) is -4.55. The fourth-order valence-electron chi connectivity index (χ4n) is 1.99. The third-order valence-electron chi connectivity index (χ3n) is 3.25. The number of aromatic nitrogens is 3. The number of alkyl halides is 3. The molecular formula is C16H12F4N4S. The van der Waals surface area contributed by atoms with E-state index in [9.17, 15) is 17.6 Å². The third kappa shape index (κ3) is 4.58. The number of aromatic amines is 1. The lowest BCUT2D eigenvalue weighted by Crippen LogP contribution is -2.07. The summed E-state index contributed by atoms with van der Waals surface area (Å²) < 4.78 is 53.5. The van der Waals surface area contributed by atoms with Gasteiger partial charge in [0.1, 0.15) is 5.82 Å². The molecule has 0 aliphatic rings. The lowest BCUT2D eigenvalue weighted by Gasteiger charge is -2.05. The number of rotatable bonds is 5. The SMILES string of the molecule is Fc1ccc(SNCc2ccc(-c3n[nH]c(C(F)(F)F)n3)cc2)cc1. The van der Waals surface area contributed by atoms with Crippen molar-refractivity contribution in [2.45, 2.75) is 17.6 Å². The van der Waals surface area contributed by atoms with Crippen LogP contribution in [0.4, 0.5) is 17.6 Å². The molecule has 0 aliphatic heterocycles. The minimum atomic E-state index is -4.55. The van der Waals surface area contributed by atoms with Crippen LogP contribution in [0.2, 0.25) is 0 Å². The Hall–Kier alpha value is -2.39. The average molecular weight is 368 g/mol. The second-order valence-electron chi connectivity index (χ2n) is 5.08. The Balaban J connectivity index is 1.58. The Morgan fingerprint density at radius 1 is 1.00 bits per heavy atom. The van der Waals surface area contributed by atoms with Crippen LogP contribution < -0.4 is 4.72 Å². The summed E-state index contributed by atoms with van der Waals surface area (Å²) in [6.45, 7) is 0.532. The van der Waals surface area contributed by atoms with Crippen molar-refractivity contribution in [3.63, 3.8) is 0 Å². The van der Waals surface area contributed by atoms with Crippen LogP contribution in [0.25, 0.3) is 11.4 Å². The van der Waals surface area contributed by atoms with E-state index in [1.165, 1.54) is 24.1 Å². The second kappa shape index (κ2) is 7.24. The molecule has 0 saturated carbocycles. The van der Waals surface area contributed by atoms with E-state index in [1.807, 2.05) is 5.10 Å². The summed E-state index contributed by atoms with van der Waals surface area (Å²) >= 11 is 1.36. The van der Waals surface area contributed by atoms with Crippen LogP contribution in [0.5, 0.6) is 0 Å². The van der Waals surface area contributed by atoms with Gasteiger partial charge in [-0.25, -0.2) is 9.37 Å². The zero-order valence-corrected chi connectivity index (χ0v) is 13.5. The summed E-state index contributed by atoms with van der Waals surface area (Å²) in [5, 5.41) is 5.47. The molecule has 0 amide bonds. The highest BCUT2D eigenvalue weighted by Crippen LogP contribution is 2.27. The molecule has 0 spiro atoms. The van der Waals surface area contributed by atoms with Crippen LogP contribution in [-0.2, 0) is 12.7 Å². The van der Waals surface area contributed by atoms with E-state index in [1.54, 1.807) is 36.4 Å². The van der Waals surface area contributed by atoms with Crippen molar-refractivity contribution in [1.82, 2.24) is 19.9 Å². The number of nitrogens with one attached hydrogen (secondary N) is 2. The van der Waals surface area contributed by atoms with Crippen LogP contribution in [0.1, 0.15) is 11.4 Å². The maximum absolute atomic E-state index is 12.8. The molecule has 0 atom stereocenters. The van der Waals surface area contributed by atoms with Gasteiger partial charge >= 0.3 is 6.18 Å². The van der Waals surface area contributed by atoms with Crippen molar-refractivity contribution in [2.75, 3.05) is 0 Å². The highest BCUT2D eigenvalue weighted by Gasteiger charge is 2.35. The molecule has 1 heterocycles. The summed E-state index contributed by atoms with van der Waals surface area (Å²) in [4.78, 5) is 4.32. The number of H-pyrrole nitrogens is 1. The minimum absolute atomic E-state index is 0.00692. The molecular weight excluding hydrogens is 356 g/mol. The molecule has 2 aromatic carbocycles. The van der Waals surface area contributed by atoms with Crippen molar-refractivity contribution in [3.05, 3.63) is 65.7 Å². The van der Waals surface area contributed by atoms with Gasteiger partial charge in [0.05, 0.1) is 0 Å². The van der Waals surface area contributed by atoms with Crippen molar-refractivity contribution >= 4 is 11.9 Å². The predicted octanol–water partition coefficient (Wildman–Crippen LogP) is 4.43. The lowest BCUT2D eigenvalue weighted by molar-refractivity contribution is -0.144. The molecule has 3 rings (SSSR count). The van der Waals surface area contributed by atoms with Crippen LogP contribution in [0.15, 0.2) is 53.4 Å². The number of nitrogens with zero attached hydrogens (tertiary/aromatic N) is 2. The van der Waals surface area contributed by atoms with Gasteiger partial charge in [-0.15, -0.1) is 0 Å². The quantitative estimate of drug-likeness (QED) is 0.517. The zero-order valence-electron chi connectivity index (χ0n) is 12.6. The van der Waals surface area contributed by atoms with Crippen LogP contribution in [0, 0.1) is 5.82 Å². The molecule has 0 unspecified atom stereocenters. The van der Waals surface area contributed by atoms with Crippen molar-refractivity contribution in [1.29, 1.82) is 0 Å². The first-order chi connectivity index (χ1) is 11.9. The summed E-state index contributed by atoms with van der Waals surface area (Å²) in [5.41, 5.74) is 1.42.